The highest BCUT2D eigenvalue weighted by atomic mass is 19.1. The SMILES string of the molecule is CC(CCc1ccc(OC(C)C)cc1)NC(=O)CNC(=O)c1ccc(F)cc1. The quantitative estimate of drug-likeness (QED) is 0.693. The lowest BCUT2D eigenvalue weighted by Crippen LogP contribution is -2.41. The summed E-state index contributed by atoms with van der Waals surface area (Å²) < 4.78 is 18.5. The fraction of sp³-hybridized carbons (Fsp3) is 0.364. The van der Waals surface area contributed by atoms with Gasteiger partial charge in [0.05, 0.1) is 12.6 Å². The first-order valence-corrected chi connectivity index (χ1v) is 9.42. The van der Waals surface area contributed by atoms with Crippen LogP contribution in [0.5, 0.6) is 5.75 Å². The molecule has 2 aromatic carbocycles. The molecule has 0 radical (unpaired) electrons. The van der Waals surface area contributed by atoms with Crippen LogP contribution in [0.15, 0.2) is 48.5 Å². The van der Waals surface area contributed by atoms with Gasteiger partial charge in [0, 0.05) is 11.6 Å². The Morgan fingerprint density at radius 2 is 1.64 bits per heavy atom. The van der Waals surface area contributed by atoms with Crippen LogP contribution in [0.2, 0.25) is 0 Å². The number of aryl methyl sites for hydroxylation is 1. The van der Waals surface area contributed by atoms with E-state index in [0.29, 0.717) is 5.56 Å². The van der Waals surface area contributed by atoms with E-state index in [4.69, 9.17) is 4.74 Å². The highest BCUT2D eigenvalue weighted by Gasteiger charge is 2.11. The number of nitrogens with one attached hydrogen (secondary N) is 2. The Hall–Kier alpha value is -2.89. The van der Waals surface area contributed by atoms with Gasteiger partial charge in [0.25, 0.3) is 5.91 Å². The molecule has 0 aliphatic rings. The highest BCUT2D eigenvalue weighted by Crippen LogP contribution is 2.15. The minimum Gasteiger partial charge on any atom is -0.491 e. The van der Waals surface area contributed by atoms with Crippen LogP contribution in [-0.2, 0) is 11.2 Å². The van der Waals surface area contributed by atoms with Gasteiger partial charge in [-0.3, -0.25) is 9.59 Å². The fourth-order valence-electron chi connectivity index (χ4n) is 2.65. The van der Waals surface area contributed by atoms with E-state index in [0.717, 1.165) is 18.6 Å². The third-order valence-electron chi connectivity index (χ3n) is 4.08. The number of ether oxygens (including phenoxy) is 1. The zero-order valence-electron chi connectivity index (χ0n) is 16.5. The second-order valence-electron chi connectivity index (χ2n) is 7.01. The molecular weight excluding hydrogens is 359 g/mol. The van der Waals surface area contributed by atoms with Crippen molar-refractivity contribution in [2.75, 3.05) is 6.54 Å². The Morgan fingerprint density at radius 3 is 2.25 bits per heavy atom. The van der Waals surface area contributed by atoms with Crippen molar-refractivity contribution in [3.05, 3.63) is 65.5 Å². The molecule has 6 heteroatoms. The average Bonchev–Trinajstić information content (AvgIpc) is 2.65. The molecule has 2 rings (SSSR count). The maximum atomic E-state index is 12.9. The van der Waals surface area contributed by atoms with Gasteiger partial charge >= 0.3 is 0 Å². The molecule has 150 valence electrons. The summed E-state index contributed by atoms with van der Waals surface area (Å²) >= 11 is 0. The molecule has 0 saturated carbocycles. The molecule has 0 aliphatic heterocycles. The number of rotatable bonds is 9. The Balaban J connectivity index is 1.70. The lowest BCUT2D eigenvalue weighted by atomic mass is 10.1. The van der Waals surface area contributed by atoms with E-state index in [2.05, 4.69) is 10.6 Å². The zero-order valence-corrected chi connectivity index (χ0v) is 16.5. The highest BCUT2D eigenvalue weighted by molar-refractivity contribution is 5.96. The lowest BCUT2D eigenvalue weighted by molar-refractivity contribution is -0.120. The normalized spacial score (nSPS) is 11.8. The van der Waals surface area contributed by atoms with Gasteiger partial charge in [-0.15, -0.1) is 0 Å². The first-order chi connectivity index (χ1) is 13.3. The van der Waals surface area contributed by atoms with Crippen molar-refractivity contribution in [1.82, 2.24) is 10.6 Å². The number of benzene rings is 2. The Morgan fingerprint density at radius 1 is 1.00 bits per heavy atom. The van der Waals surface area contributed by atoms with Gasteiger partial charge in [-0.25, -0.2) is 4.39 Å². The summed E-state index contributed by atoms with van der Waals surface area (Å²) in [6.07, 6.45) is 1.75. The molecule has 0 fully saturated rings. The van der Waals surface area contributed by atoms with E-state index < -0.39 is 11.7 Å². The molecule has 0 heterocycles. The van der Waals surface area contributed by atoms with Crippen molar-refractivity contribution in [3.63, 3.8) is 0 Å². The van der Waals surface area contributed by atoms with Crippen LogP contribution < -0.4 is 15.4 Å². The third kappa shape index (κ3) is 7.39. The van der Waals surface area contributed by atoms with E-state index in [9.17, 15) is 14.0 Å². The van der Waals surface area contributed by atoms with Crippen molar-refractivity contribution in [1.29, 1.82) is 0 Å². The molecule has 2 amide bonds. The number of amides is 2. The Bertz CT molecular complexity index is 773. The van der Waals surface area contributed by atoms with E-state index in [-0.39, 0.29) is 24.6 Å². The summed E-state index contributed by atoms with van der Waals surface area (Å²) in [6.45, 7) is 5.78. The van der Waals surface area contributed by atoms with Gasteiger partial charge in [0.15, 0.2) is 0 Å². The smallest absolute Gasteiger partial charge is 0.251 e. The molecule has 1 atom stereocenters. The standard InChI is InChI=1S/C22H27FN2O3/c1-15(2)28-20-12-6-17(7-13-20)5-4-16(3)25-21(26)14-24-22(27)18-8-10-19(23)11-9-18/h6-13,15-16H,4-5,14H2,1-3H3,(H,24,27)(H,25,26). The van der Waals surface area contributed by atoms with Gasteiger partial charge < -0.3 is 15.4 Å². The molecule has 0 aliphatic carbocycles. The summed E-state index contributed by atoms with van der Waals surface area (Å²) in [5.74, 6) is -0.239. The predicted octanol–water partition coefficient (Wildman–Crippen LogP) is 3.48. The third-order valence-corrected chi connectivity index (χ3v) is 4.08. The average molecular weight is 386 g/mol. The van der Waals surface area contributed by atoms with Crippen LogP contribution in [0.25, 0.3) is 0 Å². The summed E-state index contributed by atoms with van der Waals surface area (Å²) in [6, 6.07) is 13.1. The molecular formula is C22H27FN2O3. The van der Waals surface area contributed by atoms with Gasteiger partial charge in [-0.2, -0.15) is 0 Å². The molecule has 0 aromatic heterocycles. The summed E-state index contributed by atoms with van der Waals surface area (Å²) in [5, 5.41) is 5.40. The van der Waals surface area contributed by atoms with Crippen LogP contribution in [0.3, 0.4) is 0 Å². The van der Waals surface area contributed by atoms with Crippen molar-refractivity contribution in [3.8, 4) is 5.75 Å². The molecule has 2 aromatic rings. The topological polar surface area (TPSA) is 67.4 Å². The van der Waals surface area contributed by atoms with Gasteiger partial charge in [0.2, 0.25) is 5.91 Å². The van der Waals surface area contributed by atoms with E-state index in [1.54, 1.807) is 0 Å². The van der Waals surface area contributed by atoms with Gasteiger partial charge in [-0.1, -0.05) is 12.1 Å². The van der Waals surface area contributed by atoms with Gasteiger partial charge in [-0.05, 0) is 75.6 Å². The Kier molecular flexibility index (Phi) is 7.99. The zero-order chi connectivity index (χ0) is 20.5. The van der Waals surface area contributed by atoms with E-state index in [1.807, 2.05) is 45.0 Å². The Labute approximate surface area is 165 Å². The largest absolute Gasteiger partial charge is 0.491 e. The van der Waals surface area contributed by atoms with Crippen molar-refractivity contribution >= 4 is 11.8 Å². The minimum absolute atomic E-state index is 0.0261. The second kappa shape index (κ2) is 10.4. The van der Waals surface area contributed by atoms with E-state index >= 15 is 0 Å². The monoisotopic (exact) mass is 386 g/mol. The number of hydrogen-bond acceptors (Lipinski definition) is 3. The molecule has 2 N–H and O–H groups in total. The van der Waals surface area contributed by atoms with Crippen LogP contribution in [-0.4, -0.2) is 30.5 Å². The summed E-state index contributed by atoms with van der Waals surface area (Å²) in [5.41, 5.74) is 1.48. The fourth-order valence-corrected chi connectivity index (χ4v) is 2.65. The van der Waals surface area contributed by atoms with Gasteiger partial charge in [0.1, 0.15) is 11.6 Å². The number of hydrogen-bond donors (Lipinski definition) is 2. The first-order valence-electron chi connectivity index (χ1n) is 9.42. The molecule has 0 saturated heterocycles. The second-order valence-corrected chi connectivity index (χ2v) is 7.01. The van der Waals surface area contributed by atoms with Crippen LogP contribution in [0, 0.1) is 5.82 Å². The van der Waals surface area contributed by atoms with Crippen molar-refractivity contribution in [2.24, 2.45) is 0 Å². The molecule has 28 heavy (non-hydrogen) atoms. The van der Waals surface area contributed by atoms with Crippen molar-refractivity contribution < 1.29 is 18.7 Å². The number of carbonyl (C=O) groups excluding carboxylic acids is 2. The maximum Gasteiger partial charge on any atom is 0.251 e. The van der Waals surface area contributed by atoms with Crippen LogP contribution >= 0.6 is 0 Å². The molecule has 5 nitrogen and oxygen atoms in total. The molecule has 0 bridgehead atoms. The van der Waals surface area contributed by atoms with E-state index in [1.165, 1.54) is 29.8 Å². The predicted molar refractivity (Wildman–Crippen MR) is 107 cm³/mol. The van der Waals surface area contributed by atoms with Crippen LogP contribution in [0.4, 0.5) is 4.39 Å². The maximum absolute atomic E-state index is 12.9. The minimum atomic E-state index is -0.412. The molecule has 1 unspecified atom stereocenters. The first kappa shape index (κ1) is 21.4. The summed E-state index contributed by atoms with van der Waals surface area (Å²) in [7, 11) is 0. The van der Waals surface area contributed by atoms with Crippen molar-refractivity contribution in [2.45, 2.75) is 45.8 Å². The lowest BCUT2D eigenvalue weighted by Gasteiger charge is -2.15. The number of carbonyl (C=O) groups is 2. The van der Waals surface area contributed by atoms with Crippen LogP contribution in [0.1, 0.15) is 43.1 Å². The summed E-state index contributed by atoms with van der Waals surface area (Å²) in [4.78, 5) is 23.9. The number of halogens is 1. The molecule has 0 spiro atoms.